The van der Waals surface area contributed by atoms with Crippen molar-refractivity contribution in [3.05, 3.63) is 23.4 Å². The van der Waals surface area contributed by atoms with E-state index in [1.165, 1.54) is 6.20 Å². The Bertz CT molecular complexity index is 661. The van der Waals surface area contributed by atoms with Gasteiger partial charge in [0.15, 0.2) is 5.78 Å². The summed E-state index contributed by atoms with van der Waals surface area (Å²) in [5.74, 6) is 0.430. The number of rotatable bonds is 2. The Morgan fingerprint density at radius 1 is 1.36 bits per heavy atom. The van der Waals surface area contributed by atoms with Gasteiger partial charge in [-0.05, 0) is 30.4 Å². The number of hydrogen-bond donors (Lipinski definition) is 1. The van der Waals surface area contributed by atoms with Gasteiger partial charge in [-0.25, -0.2) is 4.98 Å². The molecule has 1 heterocycles. The number of hydrogen-bond acceptors (Lipinski definition) is 3. The molecule has 0 aromatic carbocycles. The van der Waals surface area contributed by atoms with Crippen LogP contribution in [0.15, 0.2) is 18.3 Å². The van der Waals surface area contributed by atoms with Crippen molar-refractivity contribution in [2.75, 3.05) is 5.32 Å². The minimum absolute atomic E-state index is 0.128. The van der Waals surface area contributed by atoms with Gasteiger partial charge in [0, 0.05) is 11.6 Å². The van der Waals surface area contributed by atoms with Crippen molar-refractivity contribution in [1.29, 1.82) is 0 Å². The number of ketones is 1. The largest absolute Gasteiger partial charge is 0.310 e. The van der Waals surface area contributed by atoms with Crippen molar-refractivity contribution in [1.82, 2.24) is 4.98 Å². The molecule has 6 heteroatoms. The van der Waals surface area contributed by atoms with Crippen LogP contribution < -0.4 is 5.32 Å². The number of halogens is 2. The first-order valence-electron chi connectivity index (χ1n) is 7.28. The third-order valence-corrected chi connectivity index (χ3v) is 7.52. The Morgan fingerprint density at radius 2 is 2.05 bits per heavy atom. The number of Topliss-reactive ketones (excluding diaryl/α,β-unsaturated/α-hetero) is 1. The quantitative estimate of drug-likeness (QED) is 0.787. The van der Waals surface area contributed by atoms with Crippen LogP contribution in [0.4, 0.5) is 5.82 Å². The van der Waals surface area contributed by atoms with Gasteiger partial charge in [-0.15, -0.1) is 0 Å². The lowest BCUT2D eigenvalue weighted by atomic mass is 9.64. The van der Waals surface area contributed by atoms with Crippen LogP contribution in [0.2, 0.25) is 5.02 Å². The summed E-state index contributed by atoms with van der Waals surface area (Å²) >= 11 is 9.32. The molecule has 0 spiro atoms. The molecule has 2 fully saturated rings. The van der Waals surface area contributed by atoms with E-state index in [0.717, 1.165) is 6.42 Å². The summed E-state index contributed by atoms with van der Waals surface area (Å²) in [6.45, 7) is 6.02. The first-order valence-corrected chi connectivity index (χ1v) is 8.57. The Labute approximate surface area is 143 Å². The number of aromatic nitrogens is 1. The molecule has 1 aromatic rings. The summed E-state index contributed by atoms with van der Waals surface area (Å²) < 4.78 is 0. The monoisotopic (exact) mass is 384 g/mol. The van der Waals surface area contributed by atoms with Crippen molar-refractivity contribution >= 4 is 45.0 Å². The number of carbonyl (C=O) groups excluding carboxylic acids is 2. The van der Waals surface area contributed by atoms with E-state index in [0.29, 0.717) is 17.3 Å². The van der Waals surface area contributed by atoms with Gasteiger partial charge in [-0.2, -0.15) is 0 Å². The van der Waals surface area contributed by atoms with Crippen LogP contribution in [0, 0.1) is 16.2 Å². The lowest BCUT2D eigenvalue weighted by molar-refractivity contribution is -0.130. The fourth-order valence-electron chi connectivity index (χ4n) is 4.13. The van der Waals surface area contributed by atoms with Gasteiger partial charge < -0.3 is 5.32 Å². The molecular formula is C16H18BrClN2O2. The molecule has 22 heavy (non-hydrogen) atoms. The van der Waals surface area contributed by atoms with Crippen molar-refractivity contribution < 1.29 is 9.59 Å². The summed E-state index contributed by atoms with van der Waals surface area (Å²) in [5.41, 5.74) is -1.63. The number of carbonyl (C=O) groups is 2. The highest BCUT2D eigenvalue weighted by Gasteiger charge is 2.76. The molecular weight excluding hydrogens is 368 g/mol. The number of alkyl halides is 1. The average molecular weight is 386 g/mol. The van der Waals surface area contributed by atoms with E-state index >= 15 is 0 Å². The van der Waals surface area contributed by atoms with E-state index in [4.69, 9.17) is 11.6 Å². The van der Waals surface area contributed by atoms with Gasteiger partial charge in [0.05, 0.1) is 15.3 Å². The molecule has 2 aliphatic carbocycles. The molecule has 1 aromatic heterocycles. The maximum Gasteiger partial charge on any atom is 0.233 e. The van der Waals surface area contributed by atoms with Crippen LogP contribution in [-0.2, 0) is 9.59 Å². The second kappa shape index (κ2) is 4.78. The van der Waals surface area contributed by atoms with Crippen molar-refractivity contribution in [3.63, 3.8) is 0 Å². The van der Waals surface area contributed by atoms with Gasteiger partial charge in [0.1, 0.15) is 5.82 Å². The van der Waals surface area contributed by atoms with Crippen LogP contribution >= 0.6 is 27.5 Å². The molecule has 0 unspecified atom stereocenters. The smallest absolute Gasteiger partial charge is 0.233 e. The van der Waals surface area contributed by atoms with E-state index in [2.05, 4.69) is 26.2 Å². The van der Waals surface area contributed by atoms with Crippen LogP contribution in [0.5, 0.6) is 0 Å². The number of fused-ring (bicyclic) bond motifs is 2. The van der Waals surface area contributed by atoms with Crippen molar-refractivity contribution in [2.45, 2.75) is 38.4 Å². The summed E-state index contributed by atoms with van der Waals surface area (Å²) in [6.07, 6.45) is 2.92. The average Bonchev–Trinajstić information content (AvgIpc) is 2.74. The van der Waals surface area contributed by atoms with Crippen molar-refractivity contribution in [3.8, 4) is 0 Å². The molecule has 1 N–H and O–H groups in total. The Balaban J connectivity index is 1.97. The summed E-state index contributed by atoms with van der Waals surface area (Å²) in [5, 5.41) is 3.38. The Hall–Kier alpha value is -0.940. The summed E-state index contributed by atoms with van der Waals surface area (Å²) in [6, 6.07) is 3.34. The molecule has 0 saturated heterocycles. The number of pyridine rings is 1. The molecule has 1 amide bonds. The van der Waals surface area contributed by atoms with Crippen LogP contribution in [0.3, 0.4) is 0 Å². The van der Waals surface area contributed by atoms with E-state index in [1.54, 1.807) is 12.1 Å². The SMILES string of the molecule is CC1(C)[C@@]2(C)CC[C@]1(C(=O)Nc1ccc(Cl)cn1)[C@H](Br)C2=O. The van der Waals surface area contributed by atoms with Crippen molar-refractivity contribution in [2.24, 2.45) is 16.2 Å². The minimum Gasteiger partial charge on any atom is -0.310 e. The fourth-order valence-corrected chi connectivity index (χ4v) is 5.76. The van der Waals surface area contributed by atoms with Gasteiger partial charge in [-0.1, -0.05) is 48.3 Å². The molecule has 3 rings (SSSR count). The molecule has 2 bridgehead atoms. The number of amides is 1. The molecule has 0 aliphatic heterocycles. The summed E-state index contributed by atoms with van der Waals surface area (Å²) in [4.78, 5) is 29.3. The second-order valence-electron chi connectivity index (χ2n) is 6.97. The molecule has 118 valence electrons. The Morgan fingerprint density at radius 3 is 2.55 bits per heavy atom. The number of anilines is 1. The van der Waals surface area contributed by atoms with Gasteiger partial charge in [0.2, 0.25) is 5.91 Å². The maximum atomic E-state index is 13.0. The van der Waals surface area contributed by atoms with Crippen LogP contribution in [0.25, 0.3) is 0 Å². The first-order chi connectivity index (χ1) is 10.2. The van der Waals surface area contributed by atoms with E-state index in [1.807, 2.05) is 20.8 Å². The van der Waals surface area contributed by atoms with E-state index in [9.17, 15) is 9.59 Å². The molecule has 3 atom stereocenters. The number of nitrogens with one attached hydrogen (secondary N) is 1. The lowest BCUT2D eigenvalue weighted by Crippen LogP contribution is -2.48. The predicted octanol–water partition coefficient (Wildman–Crippen LogP) is 3.83. The van der Waals surface area contributed by atoms with Crippen LogP contribution in [0.1, 0.15) is 33.6 Å². The number of nitrogens with zero attached hydrogens (tertiary/aromatic N) is 1. The third kappa shape index (κ3) is 1.72. The van der Waals surface area contributed by atoms with Gasteiger partial charge >= 0.3 is 0 Å². The lowest BCUT2D eigenvalue weighted by Gasteiger charge is -2.39. The highest BCUT2D eigenvalue weighted by atomic mass is 79.9. The minimum atomic E-state index is -0.750. The molecule has 2 saturated carbocycles. The zero-order valence-corrected chi connectivity index (χ0v) is 15.1. The topological polar surface area (TPSA) is 59.1 Å². The Kier molecular flexibility index (Phi) is 3.46. The highest BCUT2D eigenvalue weighted by Crippen LogP contribution is 2.72. The molecule has 0 radical (unpaired) electrons. The molecule has 2 aliphatic rings. The maximum absolute atomic E-state index is 13.0. The third-order valence-electron chi connectivity index (χ3n) is 6.09. The fraction of sp³-hybridized carbons (Fsp3) is 0.562. The zero-order chi connectivity index (χ0) is 16.3. The predicted molar refractivity (Wildman–Crippen MR) is 89.2 cm³/mol. The highest BCUT2D eigenvalue weighted by molar-refractivity contribution is 9.10. The molecule has 4 nitrogen and oxygen atoms in total. The standard InChI is InChI=1S/C16H18BrClN2O2/c1-14(2)15(3)6-7-16(14,11(17)12(15)21)13(22)20-10-5-4-9(18)8-19-10/h4-5,8,11H,6-7H2,1-3H3,(H,19,20,22)/t11-,15+,16-/m1/s1. The first kappa shape index (κ1) is 15.9. The zero-order valence-electron chi connectivity index (χ0n) is 12.7. The van der Waals surface area contributed by atoms with Gasteiger partial charge in [0.25, 0.3) is 0 Å². The van der Waals surface area contributed by atoms with Gasteiger partial charge in [-0.3, -0.25) is 9.59 Å². The second-order valence-corrected chi connectivity index (χ2v) is 8.32. The normalized spacial score (nSPS) is 35.7. The summed E-state index contributed by atoms with van der Waals surface area (Å²) in [7, 11) is 0. The van der Waals surface area contributed by atoms with Crippen LogP contribution in [-0.4, -0.2) is 21.5 Å². The van der Waals surface area contributed by atoms with E-state index < -0.39 is 21.1 Å². The van der Waals surface area contributed by atoms with E-state index in [-0.39, 0.29) is 11.7 Å².